The maximum absolute atomic E-state index is 13.3. The van der Waals surface area contributed by atoms with Crippen LogP contribution in [0.15, 0.2) is 60.8 Å². The van der Waals surface area contributed by atoms with Crippen LogP contribution in [-0.4, -0.2) is 28.0 Å². The lowest BCUT2D eigenvalue weighted by atomic mass is 9.85. The van der Waals surface area contributed by atoms with Gasteiger partial charge in [-0.15, -0.1) is 0 Å². The minimum Gasteiger partial charge on any atom is -0.493 e. The number of Topliss-reactive ketones (excluding diaryl/α,β-unsaturated/α-hetero) is 1. The van der Waals surface area contributed by atoms with Gasteiger partial charge in [0.05, 0.1) is 28.9 Å². The summed E-state index contributed by atoms with van der Waals surface area (Å²) in [5.74, 6) is 0.809. The molecule has 6 rings (SSSR count). The highest BCUT2D eigenvalue weighted by Gasteiger charge is 2.31. The smallest absolute Gasteiger partial charge is 0.163 e. The van der Waals surface area contributed by atoms with Crippen molar-refractivity contribution in [1.29, 1.82) is 0 Å². The molecule has 41 heavy (non-hydrogen) atoms. The molecule has 0 radical (unpaired) electrons. The molecular formula is C36H36N2O3. The number of pyridine rings is 2. The number of aryl methyl sites for hydroxylation is 3. The number of fused-ring (bicyclic) bond motifs is 1. The largest absolute Gasteiger partial charge is 0.493 e. The maximum atomic E-state index is 13.3. The van der Waals surface area contributed by atoms with Crippen LogP contribution in [0.5, 0.6) is 5.75 Å². The Hall–Kier alpha value is -4.09. The van der Waals surface area contributed by atoms with Crippen molar-refractivity contribution >= 4 is 27.6 Å². The summed E-state index contributed by atoms with van der Waals surface area (Å²) < 4.78 is 12.5. The minimum absolute atomic E-state index is 0.0391. The Balaban J connectivity index is 1.71. The second kappa shape index (κ2) is 10.1. The van der Waals surface area contributed by atoms with E-state index in [2.05, 4.69) is 69.3 Å². The Bertz CT molecular complexity index is 1820. The van der Waals surface area contributed by atoms with Crippen LogP contribution < -0.4 is 4.74 Å². The van der Waals surface area contributed by atoms with Crippen LogP contribution in [0.25, 0.3) is 44.2 Å². The molecule has 1 aliphatic rings. The van der Waals surface area contributed by atoms with Crippen LogP contribution in [0, 0.1) is 20.8 Å². The fourth-order valence-electron chi connectivity index (χ4n) is 6.21. The first-order valence-electron chi connectivity index (χ1n) is 14.3. The van der Waals surface area contributed by atoms with Gasteiger partial charge in [-0.05, 0) is 112 Å². The molecule has 1 atom stereocenters. The first-order valence-corrected chi connectivity index (χ1v) is 14.3. The van der Waals surface area contributed by atoms with Crippen molar-refractivity contribution in [3.63, 3.8) is 0 Å². The van der Waals surface area contributed by atoms with Crippen molar-refractivity contribution in [2.24, 2.45) is 0 Å². The topological polar surface area (TPSA) is 61.3 Å². The molecule has 0 saturated carbocycles. The van der Waals surface area contributed by atoms with Crippen LogP contribution in [-0.2, 0) is 16.0 Å². The standard InChI is InChI=1S/C36H36N2O3/c1-20-9-8-10-21(2)30(20)27-13-11-25-28(38-27)19-22(3)31(35(23(4)39)41-36(5,6)7)33(25)26-12-14-29-32-24(16-18-40-29)15-17-37-34(26)32/h8-15,17,19,35H,16,18H2,1-7H3/t35-/m1/s1. The molecule has 208 valence electrons. The van der Waals surface area contributed by atoms with Gasteiger partial charge in [0.25, 0.3) is 0 Å². The van der Waals surface area contributed by atoms with Crippen LogP contribution >= 0.6 is 0 Å². The van der Waals surface area contributed by atoms with E-state index in [1.54, 1.807) is 6.92 Å². The third kappa shape index (κ3) is 4.78. The molecular weight excluding hydrogens is 508 g/mol. The van der Waals surface area contributed by atoms with Crippen molar-refractivity contribution in [3.05, 3.63) is 88.6 Å². The lowest BCUT2D eigenvalue weighted by molar-refractivity contribution is -0.138. The fourth-order valence-corrected chi connectivity index (χ4v) is 6.21. The summed E-state index contributed by atoms with van der Waals surface area (Å²) in [6.45, 7) is 14.5. The maximum Gasteiger partial charge on any atom is 0.163 e. The Kier molecular flexibility index (Phi) is 6.66. The van der Waals surface area contributed by atoms with Gasteiger partial charge in [-0.3, -0.25) is 9.78 Å². The summed E-state index contributed by atoms with van der Waals surface area (Å²) in [6.07, 6.45) is 1.97. The molecule has 0 fully saturated rings. The highest BCUT2D eigenvalue weighted by Crippen LogP contribution is 2.45. The molecule has 1 aliphatic heterocycles. The normalized spacial score (nSPS) is 13.8. The van der Waals surface area contributed by atoms with E-state index >= 15 is 0 Å². The Labute approximate surface area is 241 Å². The summed E-state index contributed by atoms with van der Waals surface area (Å²) in [7, 11) is 0. The van der Waals surface area contributed by atoms with Crippen molar-refractivity contribution in [2.45, 2.75) is 66.6 Å². The molecule has 0 amide bonds. The van der Waals surface area contributed by atoms with E-state index in [0.717, 1.165) is 67.5 Å². The molecule has 0 unspecified atom stereocenters. The van der Waals surface area contributed by atoms with E-state index < -0.39 is 11.7 Å². The van der Waals surface area contributed by atoms with Gasteiger partial charge < -0.3 is 9.47 Å². The van der Waals surface area contributed by atoms with Crippen molar-refractivity contribution in [1.82, 2.24) is 9.97 Å². The number of nitrogens with zero attached hydrogens (tertiary/aromatic N) is 2. The predicted molar refractivity (Wildman–Crippen MR) is 166 cm³/mol. The van der Waals surface area contributed by atoms with Gasteiger partial charge in [0, 0.05) is 34.5 Å². The highest BCUT2D eigenvalue weighted by atomic mass is 16.5. The van der Waals surface area contributed by atoms with Crippen molar-refractivity contribution in [3.8, 4) is 28.1 Å². The van der Waals surface area contributed by atoms with E-state index in [0.29, 0.717) is 6.61 Å². The summed E-state index contributed by atoms with van der Waals surface area (Å²) in [5.41, 5.74) is 10.6. The third-order valence-corrected chi connectivity index (χ3v) is 7.92. The zero-order chi connectivity index (χ0) is 29.1. The number of carbonyl (C=O) groups is 1. The second-order valence-electron chi connectivity index (χ2n) is 12.1. The van der Waals surface area contributed by atoms with Crippen LogP contribution in [0.1, 0.15) is 61.6 Å². The Morgan fingerprint density at radius 2 is 1.71 bits per heavy atom. The number of aromatic nitrogens is 2. The first-order chi connectivity index (χ1) is 19.5. The molecule has 0 saturated heterocycles. The molecule has 5 nitrogen and oxygen atoms in total. The van der Waals surface area contributed by atoms with E-state index in [1.165, 1.54) is 16.7 Å². The van der Waals surface area contributed by atoms with Gasteiger partial charge in [-0.2, -0.15) is 0 Å². The van der Waals surface area contributed by atoms with E-state index in [-0.39, 0.29) is 5.78 Å². The highest BCUT2D eigenvalue weighted by molar-refractivity contribution is 6.08. The summed E-state index contributed by atoms with van der Waals surface area (Å²) in [4.78, 5) is 23.3. The van der Waals surface area contributed by atoms with Crippen LogP contribution in [0.2, 0.25) is 0 Å². The number of hydrogen-bond acceptors (Lipinski definition) is 5. The predicted octanol–water partition coefficient (Wildman–Crippen LogP) is 8.42. The summed E-state index contributed by atoms with van der Waals surface area (Å²) >= 11 is 0. The number of ether oxygens (including phenoxy) is 2. The van der Waals surface area contributed by atoms with Gasteiger partial charge >= 0.3 is 0 Å². The molecule has 3 heterocycles. The Morgan fingerprint density at radius 3 is 2.41 bits per heavy atom. The average Bonchev–Trinajstić information content (AvgIpc) is 2.91. The van der Waals surface area contributed by atoms with Gasteiger partial charge in [0.1, 0.15) is 11.9 Å². The molecule has 0 bridgehead atoms. The molecule has 3 aromatic carbocycles. The SMILES string of the molecule is CC(=O)[C@@H](OC(C)(C)C)c1c(C)cc2nc(-c3c(C)cccc3C)ccc2c1-c1ccc2c3c(ccnc13)CCO2. The molecule has 0 N–H and O–H groups in total. The lowest BCUT2D eigenvalue weighted by Crippen LogP contribution is -2.27. The van der Waals surface area contributed by atoms with Crippen molar-refractivity contribution in [2.75, 3.05) is 6.61 Å². The van der Waals surface area contributed by atoms with Gasteiger partial charge in [-0.25, -0.2) is 4.98 Å². The van der Waals surface area contributed by atoms with Gasteiger partial charge in [0.2, 0.25) is 0 Å². The second-order valence-corrected chi connectivity index (χ2v) is 12.1. The molecule has 5 aromatic rings. The van der Waals surface area contributed by atoms with E-state index in [4.69, 9.17) is 19.4 Å². The van der Waals surface area contributed by atoms with Crippen molar-refractivity contribution < 1.29 is 14.3 Å². The lowest BCUT2D eigenvalue weighted by Gasteiger charge is -2.30. The first kappa shape index (κ1) is 27.1. The van der Waals surface area contributed by atoms with E-state index in [1.807, 2.05) is 33.0 Å². The minimum atomic E-state index is -0.741. The molecule has 0 aliphatic carbocycles. The number of carbonyl (C=O) groups excluding carboxylic acids is 1. The fraction of sp³-hybridized carbons (Fsp3) is 0.306. The van der Waals surface area contributed by atoms with Crippen LogP contribution in [0.4, 0.5) is 0 Å². The van der Waals surface area contributed by atoms with Crippen LogP contribution in [0.3, 0.4) is 0 Å². The number of rotatable bonds is 5. The van der Waals surface area contributed by atoms with Gasteiger partial charge in [0.15, 0.2) is 5.78 Å². The average molecular weight is 545 g/mol. The molecule has 5 heteroatoms. The third-order valence-electron chi connectivity index (χ3n) is 7.92. The Morgan fingerprint density at radius 1 is 0.951 bits per heavy atom. The zero-order valence-electron chi connectivity index (χ0n) is 24.9. The quantitative estimate of drug-likeness (QED) is 0.222. The number of benzene rings is 3. The monoisotopic (exact) mass is 544 g/mol. The van der Waals surface area contributed by atoms with Gasteiger partial charge in [-0.1, -0.05) is 24.3 Å². The van der Waals surface area contributed by atoms with E-state index in [9.17, 15) is 4.79 Å². The zero-order valence-corrected chi connectivity index (χ0v) is 24.9. The number of hydrogen-bond donors (Lipinski definition) is 0. The molecule has 2 aromatic heterocycles. The summed E-state index contributed by atoms with van der Waals surface area (Å²) in [5, 5.41) is 2.00. The molecule has 0 spiro atoms. The number of ketones is 1. The summed E-state index contributed by atoms with van der Waals surface area (Å²) in [6, 6.07) is 18.8.